The normalized spacial score (nSPS) is 10.6. The van der Waals surface area contributed by atoms with E-state index in [2.05, 4.69) is 57.0 Å². The maximum atomic E-state index is 4.36. The molecule has 0 amide bonds. The molecule has 1 aromatic heterocycles. The lowest BCUT2D eigenvalue weighted by molar-refractivity contribution is 1.02. The molecule has 1 heterocycles. The van der Waals surface area contributed by atoms with Crippen molar-refractivity contribution in [3.05, 3.63) is 16.5 Å². The zero-order valence-electron chi connectivity index (χ0n) is 10.3. The lowest BCUT2D eigenvalue weighted by Crippen LogP contribution is -2.17. The zero-order valence-corrected chi connectivity index (χ0v) is 12.9. The van der Waals surface area contributed by atoms with Crippen molar-refractivity contribution in [1.29, 1.82) is 0 Å². The van der Waals surface area contributed by atoms with Gasteiger partial charge in [-0.25, -0.2) is 9.97 Å². The van der Waals surface area contributed by atoms with Gasteiger partial charge < -0.3 is 4.90 Å². The second kappa shape index (κ2) is 4.98. The standard InChI is InChI=1S/C11H16BrN3Si/c1-15(2)11-9(6-7-16(3,4)5)14-10(12)8-13-11/h8H,1-5H3. The Morgan fingerprint density at radius 2 is 1.94 bits per heavy atom. The molecule has 0 spiro atoms. The van der Waals surface area contributed by atoms with Gasteiger partial charge in [-0.15, -0.1) is 5.54 Å². The summed E-state index contributed by atoms with van der Waals surface area (Å²) in [6.07, 6.45) is 1.69. The summed E-state index contributed by atoms with van der Waals surface area (Å²) in [5.74, 6) is 3.96. The van der Waals surface area contributed by atoms with Gasteiger partial charge in [0, 0.05) is 14.1 Å². The highest BCUT2D eigenvalue weighted by Crippen LogP contribution is 2.15. The van der Waals surface area contributed by atoms with E-state index in [1.807, 2.05) is 19.0 Å². The van der Waals surface area contributed by atoms with Crippen molar-refractivity contribution in [1.82, 2.24) is 9.97 Å². The molecule has 0 unspecified atom stereocenters. The van der Waals surface area contributed by atoms with Crippen molar-refractivity contribution >= 4 is 29.8 Å². The molecule has 0 N–H and O–H groups in total. The van der Waals surface area contributed by atoms with Crippen LogP contribution in [0.1, 0.15) is 5.69 Å². The molecule has 5 heteroatoms. The minimum absolute atomic E-state index is 0.720. The Balaban J connectivity index is 3.19. The first-order valence-electron chi connectivity index (χ1n) is 5.02. The van der Waals surface area contributed by atoms with Crippen LogP contribution in [0.5, 0.6) is 0 Å². The number of hydrogen-bond donors (Lipinski definition) is 0. The first kappa shape index (κ1) is 13.2. The molecule has 0 aromatic carbocycles. The minimum Gasteiger partial charge on any atom is -0.360 e. The molecule has 0 bridgehead atoms. The molecule has 0 saturated heterocycles. The van der Waals surface area contributed by atoms with Crippen molar-refractivity contribution in [3.63, 3.8) is 0 Å². The van der Waals surface area contributed by atoms with Crippen LogP contribution in [0.25, 0.3) is 0 Å². The average molecular weight is 298 g/mol. The Bertz CT molecular complexity index is 441. The summed E-state index contributed by atoms with van der Waals surface area (Å²) in [5.41, 5.74) is 4.04. The molecule has 0 aliphatic heterocycles. The van der Waals surface area contributed by atoms with E-state index in [0.717, 1.165) is 16.1 Å². The van der Waals surface area contributed by atoms with Crippen LogP contribution in [0, 0.1) is 11.5 Å². The molecule has 0 fully saturated rings. The van der Waals surface area contributed by atoms with Crippen LogP contribution >= 0.6 is 15.9 Å². The second-order valence-electron chi connectivity index (χ2n) is 4.76. The van der Waals surface area contributed by atoms with Gasteiger partial charge in [0.05, 0.1) is 6.20 Å². The maximum absolute atomic E-state index is 4.36. The number of nitrogens with zero attached hydrogens (tertiary/aromatic N) is 3. The summed E-state index contributed by atoms with van der Waals surface area (Å²) in [7, 11) is 2.51. The molecule has 1 aromatic rings. The number of anilines is 1. The van der Waals surface area contributed by atoms with Crippen molar-refractivity contribution in [2.45, 2.75) is 19.6 Å². The fourth-order valence-electron chi connectivity index (χ4n) is 1.02. The summed E-state index contributed by atoms with van der Waals surface area (Å²) in [6, 6.07) is 0. The van der Waals surface area contributed by atoms with Gasteiger partial charge in [0.2, 0.25) is 0 Å². The van der Waals surface area contributed by atoms with Crippen LogP contribution in [-0.4, -0.2) is 32.1 Å². The predicted octanol–water partition coefficient (Wildman–Crippen LogP) is 2.53. The van der Waals surface area contributed by atoms with Gasteiger partial charge in [0.1, 0.15) is 12.7 Å². The van der Waals surface area contributed by atoms with Crippen molar-refractivity contribution < 1.29 is 0 Å². The maximum Gasteiger partial charge on any atom is 0.162 e. The van der Waals surface area contributed by atoms with E-state index in [1.165, 1.54) is 0 Å². The van der Waals surface area contributed by atoms with E-state index in [1.54, 1.807) is 6.20 Å². The summed E-state index contributed by atoms with van der Waals surface area (Å²) in [5, 5.41) is 0. The largest absolute Gasteiger partial charge is 0.360 e. The molecule has 0 radical (unpaired) electrons. The third-order valence-corrected chi connectivity index (χ3v) is 2.96. The lowest BCUT2D eigenvalue weighted by atomic mass is 10.4. The van der Waals surface area contributed by atoms with Gasteiger partial charge in [-0.2, -0.15) is 0 Å². The molecule has 0 saturated carbocycles. The molecule has 3 nitrogen and oxygen atoms in total. The first-order chi connectivity index (χ1) is 7.29. The molecule has 0 atom stereocenters. The van der Waals surface area contributed by atoms with Crippen molar-refractivity contribution in [2.75, 3.05) is 19.0 Å². The van der Waals surface area contributed by atoms with Crippen LogP contribution < -0.4 is 4.90 Å². The van der Waals surface area contributed by atoms with Gasteiger partial charge in [-0.3, -0.25) is 0 Å². The fraction of sp³-hybridized carbons (Fsp3) is 0.455. The quantitative estimate of drug-likeness (QED) is 0.589. The average Bonchev–Trinajstić information content (AvgIpc) is 2.13. The summed E-state index contributed by atoms with van der Waals surface area (Å²) < 4.78 is 0.720. The second-order valence-corrected chi connectivity index (χ2v) is 10.3. The Morgan fingerprint density at radius 1 is 1.31 bits per heavy atom. The van der Waals surface area contributed by atoms with Crippen LogP contribution in [-0.2, 0) is 0 Å². The Kier molecular flexibility index (Phi) is 4.11. The first-order valence-corrected chi connectivity index (χ1v) is 9.32. The topological polar surface area (TPSA) is 29.0 Å². The Hall–Kier alpha value is -0.863. The van der Waals surface area contributed by atoms with E-state index < -0.39 is 8.07 Å². The predicted molar refractivity (Wildman–Crippen MR) is 74.3 cm³/mol. The summed E-state index contributed by atoms with van der Waals surface area (Å²) in [6.45, 7) is 6.63. The Morgan fingerprint density at radius 3 is 2.44 bits per heavy atom. The van der Waals surface area contributed by atoms with Crippen molar-refractivity contribution in [3.8, 4) is 11.5 Å². The molecule has 1 rings (SSSR count). The SMILES string of the molecule is CN(C)c1ncc(Br)nc1C#C[Si](C)(C)C. The van der Waals surface area contributed by atoms with E-state index >= 15 is 0 Å². The highest BCUT2D eigenvalue weighted by atomic mass is 79.9. The monoisotopic (exact) mass is 297 g/mol. The van der Waals surface area contributed by atoms with E-state index in [-0.39, 0.29) is 0 Å². The van der Waals surface area contributed by atoms with E-state index in [9.17, 15) is 0 Å². The minimum atomic E-state index is -1.38. The fourth-order valence-corrected chi connectivity index (χ4v) is 1.79. The van der Waals surface area contributed by atoms with Crippen LogP contribution in [0.3, 0.4) is 0 Å². The van der Waals surface area contributed by atoms with Gasteiger partial charge in [-0.1, -0.05) is 25.6 Å². The lowest BCUT2D eigenvalue weighted by Gasteiger charge is -2.12. The van der Waals surface area contributed by atoms with Crippen LogP contribution in [0.4, 0.5) is 5.82 Å². The third-order valence-electron chi connectivity index (χ3n) is 1.70. The highest BCUT2D eigenvalue weighted by molar-refractivity contribution is 9.10. The highest BCUT2D eigenvalue weighted by Gasteiger charge is 2.10. The van der Waals surface area contributed by atoms with Gasteiger partial charge in [0.25, 0.3) is 0 Å². The van der Waals surface area contributed by atoms with E-state index in [0.29, 0.717) is 0 Å². The van der Waals surface area contributed by atoms with Gasteiger partial charge in [0.15, 0.2) is 11.5 Å². The van der Waals surface area contributed by atoms with Gasteiger partial charge >= 0.3 is 0 Å². The molecular formula is C11H16BrN3Si. The molecule has 0 aliphatic carbocycles. The van der Waals surface area contributed by atoms with Gasteiger partial charge in [-0.05, 0) is 15.9 Å². The summed E-state index contributed by atoms with van der Waals surface area (Å²) in [4.78, 5) is 10.6. The number of hydrogen-bond acceptors (Lipinski definition) is 3. The number of aromatic nitrogens is 2. The van der Waals surface area contributed by atoms with Crippen LogP contribution in [0.2, 0.25) is 19.6 Å². The number of halogens is 1. The summed E-state index contributed by atoms with van der Waals surface area (Å²) >= 11 is 3.32. The molecule has 16 heavy (non-hydrogen) atoms. The molecular weight excluding hydrogens is 282 g/mol. The molecule has 86 valence electrons. The number of rotatable bonds is 1. The zero-order chi connectivity index (χ0) is 12.3. The smallest absolute Gasteiger partial charge is 0.162 e. The van der Waals surface area contributed by atoms with Crippen LogP contribution in [0.15, 0.2) is 10.8 Å². The Labute approximate surface area is 106 Å². The van der Waals surface area contributed by atoms with E-state index in [4.69, 9.17) is 0 Å². The third kappa shape index (κ3) is 3.95. The molecule has 0 aliphatic rings. The van der Waals surface area contributed by atoms with Crippen molar-refractivity contribution in [2.24, 2.45) is 0 Å².